The molecule has 0 aliphatic carbocycles. The first kappa shape index (κ1) is 29.8. The molecule has 0 aliphatic heterocycles. The van der Waals surface area contributed by atoms with E-state index in [1.807, 2.05) is 6.07 Å². The predicted molar refractivity (Wildman–Crippen MR) is 149 cm³/mol. The van der Waals surface area contributed by atoms with Crippen LogP contribution in [0.3, 0.4) is 0 Å². The van der Waals surface area contributed by atoms with Crippen molar-refractivity contribution in [2.24, 2.45) is 0 Å². The van der Waals surface area contributed by atoms with Crippen LogP contribution in [0.4, 0.5) is 0 Å². The van der Waals surface area contributed by atoms with Crippen molar-refractivity contribution in [3.05, 3.63) is 95.6 Å². The maximum Gasteiger partial charge on any atom is 0.330 e. The van der Waals surface area contributed by atoms with Gasteiger partial charge in [-0.25, -0.2) is 9.59 Å². The van der Waals surface area contributed by atoms with Crippen molar-refractivity contribution in [2.45, 2.75) is 12.2 Å². The molecule has 0 aliphatic rings. The minimum absolute atomic E-state index is 0.358. The van der Waals surface area contributed by atoms with E-state index in [0.717, 1.165) is 11.1 Å². The summed E-state index contributed by atoms with van der Waals surface area (Å²) < 4.78 is 32.6. The van der Waals surface area contributed by atoms with Gasteiger partial charge in [-0.3, -0.25) is 0 Å². The summed E-state index contributed by atoms with van der Waals surface area (Å²) in [6.07, 6.45) is 4.34. The molecule has 3 rings (SSSR count). The summed E-state index contributed by atoms with van der Waals surface area (Å²) in [7, 11) is 5.71. The van der Waals surface area contributed by atoms with Crippen molar-refractivity contribution in [2.75, 3.05) is 35.0 Å². The SMILES string of the molecule is COC(=O)/C=C/c1ccc(OC(CO)C(Oc2ccc(/C=C/C(=O)OC)cc2)c2ccc(OC)c(OC)c2)cc1. The van der Waals surface area contributed by atoms with Gasteiger partial charge in [-0.05, 0) is 59.7 Å². The number of methoxy groups -OCH3 is 4. The molecular formula is C31H32O9. The van der Waals surface area contributed by atoms with Crippen LogP contribution in [0.5, 0.6) is 23.0 Å². The van der Waals surface area contributed by atoms with E-state index in [4.69, 9.17) is 18.9 Å². The molecule has 2 atom stereocenters. The Morgan fingerprint density at radius 1 is 0.700 bits per heavy atom. The van der Waals surface area contributed by atoms with Crippen molar-refractivity contribution < 1.29 is 43.1 Å². The maximum atomic E-state index is 11.4. The number of aliphatic hydroxyl groups is 1. The molecular weight excluding hydrogens is 516 g/mol. The Hall–Kier alpha value is -4.76. The lowest BCUT2D eigenvalue weighted by atomic mass is 10.0. The molecule has 9 nitrogen and oxygen atoms in total. The molecule has 0 amide bonds. The van der Waals surface area contributed by atoms with Gasteiger partial charge in [0, 0.05) is 17.7 Å². The molecule has 0 saturated carbocycles. The van der Waals surface area contributed by atoms with E-state index in [2.05, 4.69) is 9.47 Å². The van der Waals surface area contributed by atoms with Gasteiger partial charge in [-0.1, -0.05) is 30.3 Å². The van der Waals surface area contributed by atoms with Crippen LogP contribution >= 0.6 is 0 Å². The van der Waals surface area contributed by atoms with Gasteiger partial charge in [0.1, 0.15) is 11.5 Å². The fraction of sp³-hybridized carbons (Fsp3) is 0.226. The Morgan fingerprint density at radius 2 is 1.20 bits per heavy atom. The van der Waals surface area contributed by atoms with E-state index in [9.17, 15) is 14.7 Å². The number of benzene rings is 3. The normalized spacial score (nSPS) is 12.5. The van der Waals surface area contributed by atoms with E-state index in [0.29, 0.717) is 28.6 Å². The van der Waals surface area contributed by atoms with Gasteiger partial charge in [-0.15, -0.1) is 0 Å². The van der Waals surface area contributed by atoms with Gasteiger partial charge < -0.3 is 33.5 Å². The second-order valence-electron chi connectivity index (χ2n) is 8.34. The van der Waals surface area contributed by atoms with Crippen LogP contribution in [-0.2, 0) is 19.1 Å². The highest BCUT2D eigenvalue weighted by Crippen LogP contribution is 2.34. The average molecular weight is 549 g/mol. The molecule has 0 bridgehead atoms. The van der Waals surface area contributed by atoms with Gasteiger partial charge in [0.05, 0.1) is 35.0 Å². The Kier molecular flexibility index (Phi) is 11.2. The predicted octanol–water partition coefficient (Wildman–Crippen LogP) is 4.64. The number of carbonyl (C=O) groups is 2. The molecule has 210 valence electrons. The Labute approximate surface area is 233 Å². The lowest BCUT2D eigenvalue weighted by molar-refractivity contribution is -0.135. The highest BCUT2D eigenvalue weighted by atomic mass is 16.6. The standard InChI is InChI=1S/C31H32O9/c1-35-26-16-11-23(19-27(26)36-2)31(40-25-14-7-22(8-15-25)10-18-30(34)38-4)28(20-32)39-24-12-5-21(6-13-24)9-17-29(33)37-3/h5-19,28,31-32H,20H2,1-4H3/b17-9+,18-10+. The average Bonchev–Trinajstić information content (AvgIpc) is 3.00. The summed E-state index contributed by atoms with van der Waals surface area (Å²) in [5, 5.41) is 10.4. The highest BCUT2D eigenvalue weighted by molar-refractivity contribution is 5.87. The van der Waals surface area contributed by atoms with Crippen molar-refractivity contribution in [1.82, 2.24) is 0 Å². The molecule has 1 N–H and O–H groups in total. The summed E-state index contributed by atoms with van der Waals surface area (Å²) in [6.45, 7) is -0.358. The van der Waals surface area contributed by atoms with Gasteiger partial charge in [0.25, 0.3) is 0 Å². The number of carbonyl (C=O) groups excluding carboxylic acids is 2. The van der Waals surface area contributed by atoms with E-state index in [1.54, 1.807) is 79.9 Å². The van der Waals surface area contributed by atoms with E-state index < -0.39 is 24.1 Å². The van der Waals surface area contributed by atoms with Gasteiger partial charge in [0.2, 0.25) is 0 Å². The van der Waals surface area contributed by atoms with Crippen LogP contribution in [0, 0.1) is 0 Å². The monoisotopic (exact) mass is 548 g/mol. The first-order chi connectivity index (χ1) is 19.4. The largest absolute Gasteiger partial charge is 0.493 e. The van der Waals surface area contributed by atoms with Crippen LogP contribution in [0.15, 0.2) is 78.9 Å². The number of esters is 2. The molecule has 2 unspecified atom stereocenters. The minimum atomic E-state index is -0.812. The fourth-order valence-corrected chi connectivity index (χ4v) is 3.68. The Bertz CT molecular complexity index is 1310. The number of hydrogen-bond donors (Lipinski definition) is 1. The lowest BCUT2D eigenvalue weighted by Crippen LogP contribution is -2.33. The third kappa shape index (κ3) is 8.37. The summed E-state index contributed by atoms with van der Waals surface area (Å²) in [6, 6.07) is 19.4. The molecule has 0 spiro atoms. The number of hydrogen-bond acceptors (Lipinski definition) is 9. The van der Waals surface area contributed by atoms with Crippen LogP contribution in [-0.4, -0.2) is 58.2 Å². The molecule has 0 radical (unpaired) electrons. The van der Waals surface area contributed by atoms with Gasteiger partial charge >= 0.3 is 11.9 Å². The molecule has 3 aromatic carbocycles. The topological polar surface area (TPSA) is 110 Å². The van der Waals surface area contributed by atoms with Crippen LogP contribution in [0.25, 0.3) is 12.2 Å². The van der Waals surface area contributed by atoms with Gasteiger partial charge in [0.15, 0.2) is 23.7 Å². The van der Waals surface area contributed by atoms with Crippen molar-refractivity contribution in [3.8, 4) is 23.0 Å². The second kappa shape index (κ2) is 15.0. The second-order valence-corrected chi connectivity index (χ2v) is 8.34. The summed E-state index contributed by atoms with van der Waals surface area (Å²) in [5.41, 5.74) is 2.23. The molecule has 0 heterocycles. The number of aliphatic hydroxyl groups excluding tert-OH is 1. The van der Waals surface area contributed by atoms with Crippen molar-refractivity contribution >= 4 is 24.1 Å². The fourth-order valence-electron chi connectivity index (χ4n) is 3.68. The molecule has 9 heteroatoms. The van der Waals surface area contributed by atoms with Crippen molar-refractivity contribution in [1.29, 1.82) is 0 Å². The zero-order valence-electron chi connectivity index (χ0n) is 22.7. The van der Waals surface area contributed by atoms with E-state index in [-0.39, 0.29) is 6.61 Å². The first-order valence-electron chi connectivity index (χ1n) is 12.3. The van der Waals surface area contributed by atoms with E-state index in [1.165, 1.54) is 33.5 Å². The van der Waals surface area contributed by atoms with Crippen LogP contribution in [0.2, 0.25) is 0 Å². The molecule has 0 fully saturated rings. The van der Waals surface area contributed by atoms with E-state index >= 15 is 0 Å². The third-order valence-electron chi connectivity index (χ3n) is 5.79. The highest BCUT2D eigenvalue weighted by Gasteiger charge is 2.28. The lowest BCUT2D eigenvalue weighted by Gasteiger charge is -2.28. The molecule has 40 heavy (non-hydrogen) atoms. The Morgan fingerprint density at radius 3 is 1.65 bits per heavy atom. The summed E-state index contributed by atoms with van der Waals surface area (Å²) in [5.74, 6) is 1.14. The zero-order valence-corrected chi connectivity index (χ0v) is 22.7. The van der Waals surface area contributed by atoms with Crippen LogP contribution < -0.4 is 18.9 Å². The third-order valence-corrected chi connectivity index (χ3v) is 5.79. The zero-order chi connectivity index (χ0) is 28.9. The maximum absolute atomic E-state index is 11.4. The first-order valence-corrected chi connectivity index (χ1v) is 12.3. The van der Waals surface area contributed by atoms with Crippen LogP contribution in [0.1, 0.15) is 22.8 Å². The molecule has 0 aromatic heterocycles. The van der Waals surface area contributed by atoms with Gasteiger partial charge in [-0.2, -0.15) is 0 Å². The quantitative estimate of drug-likeness (QED) is 0.241. The van der Waals surface area contributed by atoms with Crippen molar-refractivity contribution in [3.63, 3.8) is 0 Å². The Balaban J connectivity index is 1.89. The molecule has 3 aromatic rings. The summed E-state index contributed by atoms with van der Waals surface area (Å²) >= 11 is 0. The number of ether oxygens (including phenoxy) is 6. The smallest absolute Gasteiger partial charge is 0.330 e. The summed E-state index contributed by atoms with van der Waals surface area (Å²) in [4.78, 5) is 22.7. The molecule has 0 saturated heterocycles. The minimum Gasteiger partial charge on any atom is -0.493 e. The number of rotatable bonds is 13.